The topological polar surface area (TPSA) is 3.24 Å². The van der Waals surface area contributed by atoms with Gasteiger partial charge in [-0.2, -0.15) is 0 Å². The molecular weight excluding hydrogens is 182 g/mol. The van der Waals surface area contributed by atoms with Crippen molar-refractivity contribution in [2.24, 2.45) is 11.8 Å². The summed E-state index contributed by atoms with van der Waals surface area (Å²) >= 11 is 0. The first-order valence-electron chi connectivity index (χ1n) is 6.82. The summed E-state index contributed by atoms with van der Waals surface area (Å²) < 4.78 is 0. The van der Waals surface area contributed by atoms with Crippen molar-refractivity contribution < 1.29 is 0 Å². The Morgan fingerprint density at radius 1 is 0.867 bits per heavy atom. The van der Waals surface area contributed by atoms with Gasteiger partial charge in [0.2, 0.25) is 0 Å². The summed E-state index contributed by atoms with van der Waals surface area (Å²) in [6.45, 7) is 15.4. The molecular formula is C14H31N. The summed E-state index contributed by atoms with van der Waals surface area (Å²) in [5.41, 5.74) is 0. The molecule has 0 saturated carbocycles. The third kappa shape index (κ3) is 8.92. The monoisotopic (exact) mass is 213 g/mol. The van der Waals surface area contributed by atoms with E-state index in [4.69, 9.17) is 0 Å². The minimum Gasteiger partial charge on any atom is -0.304 e. The van der Waals surface area contributed by atoms with Crippen LogP contribution in [-0.2, 0) is 0 Å². The average Bonchev–Trinajstić information content (AvgIpc) is 2.21. The van der Waals surface area contributed by atoms with Gasteiger partial charge in [0.25, 0.3) is 0 Å². The maximum Gasteiger partial charge on any atom is -0.00163 e. The zero-order valence-electron chi connectivity index (χ0n) is 11.6. The first-order chi connectivity index (χ1) is 7.10. The van der Waals surface area contributed by atoms with Crippen molar-refractivity contribution in [3.8, 4) is 0 Å². The Bertz CT molecular complexity index is 131. The predicted octanol–water partition coefficient (Wildman–Crippen LogP) is 4.18. The number of hydrogen-bond donors (Lipinski definition) is 0. The molecule has 0 aromatic heterocycles. The fourth-order valence-corrected chi connectivity index (χ4v) is 1.91. The normalized spacial score (nSPS) is 13.8. The Hall–Kier alpha value is -0.0400. The average molecular weight is 213 g/mol. The molecule has 0 amide bonds. The fraction of sp³-hybridized carbons (Fsp3) is 1.00. The van der Waals surface area contributed by atoms with Crippen molar-refractivity contribution in [2.45, 2.75) is 60.3 Å². The van der Waals surface area contributed by atoms with Crippen LogP contribution in [0.4, 0.5) is 0 Å². The molecule has 1 heteroatoms. The van der Waals surface area contributed by atoms with Crippen molar-refractivity contribution >= 4 is 0 Å². The minimum absolute atomic E-state index is 0.866. The number of nitrogens with zero attached hydrogens (tertiary/aromatic N) is 1. The Morgan fingerprint density at radius 2 is 1.53 bits per heavy atom. The second kappa shape index (κ2) is 9.21. The van der Waals surface area contributed by atoms with Gasteiger partial charge in [-0.05, 0) is 44.3 Å². The van der Waals surface area contributed by atoms with Gasteiger partial charge in [0, 0.05) is 0 Å². The Morgan fingerprint density at radius 3 is 2.00 bits per heavy atom. The molecule has 1 nitrogen and oxygen atoms in total. The third-order valence-electron chi connectivity index (χ3n) is 3.16. The van der Waals surface area contributed by atoms with Crippen molar-refractivity contribution in [3.63, 3.8) is 0 Å². The molecule has 0 bridgehead atoms. The molecule has 92 valence electrons. The zero-order valence-corrected chi connectivity index (χ0v) is 11.6. The standard InChI is InChI=1S/C14H31N/c1-6-11-15(7-2)12-10-14(5)9-8-13(3)4/h13-14H,6-12H2,1-5H3. The highest BCUT2D eigenvalue weighted by atomic mass is 15.1. The molecule has 1 unspecified atom stereocenters. The van der Waals surface area contributed by atoms with Gasteiger partial charge in [-0.25, -0.2) is 0 Å². The van der Waals surface area contributed by atoms with Crippen LogP contribution in [0, 0.1) is 11.8 Å². The van der Waals surface area contributed by atoms with Crippen LogP contribution in [0.3, 0.4) is 0 Å². The van der Waals surface area contributed by atoms with Gasteiger partial charge >= 0.3 is 0 Å². The van der Waals surface area contributed by atoms with Crippen molar-refractivity contribution in [1.29, 1.82) is 0 Å². The highest BCUT2D eigenvalue weighted by Crippen LogP contribution is 2.15. The highest BCUT2D eigenvalue weighted by molar-refractivity contribution is 4.60. The molecule has 0 aromatic carbocycles. The molecule has 15 heavy (non-hydrogen) atoms. The summed E-state index contributed by atoms with van der Waals surface area (Å²) in [4.78, 5) is 2.58. The lowest BCUT2D eigenvalue weighted by Gasteiger charge is -2.22. The van der Waals surface area contributed by atoms with Gasteiger partial charge < -0.3 is 4.90 Å². The van der Waals surface area contributed by atoms with E-state index >= 15 is 0 Å². The maximum atomic E-state index is 2.58. The molecule has 0 aliphatic carbocycles. The number of hydrogen-bond acceptors (Lipinski definition) is 1. The van der Waals surface area contributed by atoms with Crippen LogP contribution in [0.5, 0.6) is 0 Å². The smallest absolute Gasteiger partial charge is 0.00163 e. The molecule has 0 spiro atoms. The summed E-state index contributed by atoms with van der Waals surface area (Å²) in [7, 11) is 0. The lowest BCUT2D eigenvalue weighted by molar-refractivity contribution is 0.260. The minimum atomic E-state index is 0.866. The number of rotatable bonds is 9. The van der Waals surface area contributed by atoms with Crippen LogP contribution in [-0.4, -0.2) is 24.5 Å². The molecule has 0 aliphatic rings. The van der Waals surface area contributed by atoms with Crippen LogP contribution >= 0.6 is 0 Å². The summed E-state index contributed by atoms with van der Waals surface area (Å²) in [6, 6.07) is 0. The van der Waals surface area contributed by atoms with E-state index in [9.17, 15) is 0 Å². The van der Waals surface area contributed by atoms with E-state index in [-0.39, 0.29) is 0 Å². The van der Waals surface area contributed by atoms with Gasteiger partial charge in [-0.3, -0.25) is 0 Å². The molecule has 0 aromatic rings. The van der Waals surface area contributed by atoms with E-state index in [1.54, 1.807) is 0 Å². The lowest BCUT2D eigenvalue weighted by Crippen LogP contribution is -2.26. The highest BCUT2D eigenvalue weighted by Gasteiger charge is 2.06. The molecule has 1 atom stereocenters. The van der Waals surface area contributed by atoms with E-state index in [0.717, 1.165) is 11.8 Å². The van der Waals surface area contributed by atoms with Crippen LogP contribution in [0.2, 0.25) is 0 Å². The van der Waals surface area contributed by atoms with Gasteiger partial charge in [0.1, 0.15) is 0 Å². The van der Waals surface area contributed by atoms with Gasteiger partial charge in [0.15, 0.2) is 0 Å². The molecule has 0 aliphatic heterocycles. The molecule has 0 fully saturated rings. The van der Waals surface area contributed by atoms with Crippen LogP contribution in [0.1, 0.15) is 60.3 Å². The molecule has 0 radical (unpaired) electrons. The van der Waals surface area contributed by atoms with Gasteiger partial charge in [-0.1, -0.05) is 47.5 Å². The first kappa shape index (κ1) is 15.0. The Labute approximate surface area is 97.2 Å². The van der Waals surface area contributed by atoms with Gasteiger partial charge in [-0.15, -0.1) is 0 Å². The molecule has 0 N–H and O–H groups in total. The second-order valence-corrected chi connectivity index (χ2v) is 5.30. The van der Waals surface area contributed by atoms with E-state index in [1.165, 1.54) is 45.3 Å². The molecule has 0 saturated heterocycles. The van der Waals surface area contributed by atoms with Crippen LogP contribution < -0.4 is 0 Å². The van der Waals surface area contributed by atoms with E-state index in [0.29, 0.717) is 0 Å². The predicted molar refractivity (Wildman–Crippen MR) is 70.3 cm³/mol. The quantitative estimate of drug-likeness (QED) is 0.555. The summed E-state index contributed by atoms with van der Waals surface area (Å²) in [5.74, 6) is 1.77. The summed E-state index contributed by atoms with van der Waals surface area (Å²) in [5, 5.41) is 0. The van der Waals surface area contributed by atoms with E-state index in [1.807, 2.05) is 0 Å². The molecule has 0 heterocycles. The van der Waals surface area contributed by atoms with Crippen molar-refractivity contribution in [1.82, 2.24) is 4.90 Å². The van der Waals surface area contributed by atoms with Crippen LogP contribution in [0.15, 0.2) is 0 Å². The summed E-state index contributed by atoms with van der Waals surface area (Å²) in [6.07, 6.45) is 5.46. The largest absolute Gasteiger partial charge is 0.304 e. The van der Waals surface area contributed by atoms with Gasteiger partial charge in [0.05, 0.1) is 0 Å². The van der Waals surface area contributed by atoms with E-state index < -0.39 is 0 Å². The lowest BCUT2D eigenvalue weighted by atomic mass is 9.96. The SMILES string of the molecule is CCCN(CC)CCC(C)CCC(C)C. The Kier molecular flexibility index (Phi) is 9.18. The Balaban J connectivity index is 3.54. The maximum absolute atomic E-state index is 2.58. The third-order valence-corrected chi connectivity index (χ3v) is 3.16. The van der Waals surface area contributed by atoms with Crippen LogP contribution in [0.25, 0.3) is 0 Å². The molecule has 0 rings (SSSR count). The first-order valence-corrected chi connectivity index (χ1v) is 6.82. The van der Waals surface area contributed by atoms with Crippen molar-refractivity contribution in [3.05, 3.63) is 0 Å². The van der Waals surface area contributed by atoms with Crippen molar-refractivity contribution in [2.75, 3.05) is 19.6 Å². The second-order valence-electron chi connectivity index (χ2n) is 5.30. The van der Waals surface area contributed by atoms with E-state index in [2.05, 4.69) is 39.5 Å². The zero-order chi connectivity index (χ0) is 11.7. The fourth-order valence-electron chi connectivity index (χ4n) is 1.91.